The van der Waals surface area contributed by atoms with Crippen molar-refractivity contribution in [3.63, 3.8) is 0 Å². The van der Waals surface area contributed by atoms with E-state index in [0.717, 1.165) is 5.56 Å². The maximum atomic E-state index is 12.2. The summed E-state index contributed by atoms with van der Waals surface area (Å²) < 4.78 is 1.59. The SMILES string of the molecule is O=C(Nc1ncn(Cc2ccc(Cl)c(Cl)c2)n1)c1ccccc1Cl. The second-order valence-corrected chi connectivity index (χ2v) is 6.17. The fraction of sp³-hybridized carbons (Fsp3) is 0.0625. The fourth-order valence-electron chi connectivity index (χ4n) is 2.07. The molecule has 0 radical (unpaired) electrons. The molecule has 1 aromatic heterocycles. The number of nitrogens with zero attached hydrogens (tertiary/aromatic N) is 3. The topological polar surface area (TPSA) is 59.8 Å². The quantitative estimate of drug-likeness (QED) is 0.722. The van der Waals surface area contributed by atoms with Crippen molar-refractivity contribution < 1.29 is 4.79 Å². The van der Waals surface area contributed by atoms with E-state index < -0.39 is 0 Å². The predicted octanol–water partition coefficient (Wildman–Crippen LogP) is 4.54. The minimum atomic E-state index is -0.368. The standard InChI is InChI=1S/C16H11Cl3N4O/c17-12-4-2-1-3-11(12)15(24)21-16-20-9-23(22-16)8-10-5-6-13(18)14(19)7-10/h1-7,9H,8H2,(H,21,22,24). The van der Waals surface area contributed by atoms with Gasteiger partial charge in [0, 0.05) is 0 Å². The van der Waals surface area contributed by atoms with Crippen molar-refractivity contribution in [1.82, 2.24) is 14.8 Å². The van der Waals surface area contributed by atoms with Crippen LogP contribution in [0.15, 0.2) is 48.8 Å². The van der Waals surface area contributed by atoms with Crippen LogP contribution in [0.3, 0.4) is 0 Å². The normalized spacial score (nSPS) is 10.6. The third-order valence-electron chi connectivity index (χ3n) is 3.21. The van der Waals surface area contributed by atoms with E-state index in [4.69, 9.17) is 34.8 Å². The molecular weight excluding hydrogens is 371 g/mol. The van der Waals surface area contributed by atoms with Crippen molar-refractivity contribution in [2.75, 3.05) is 5.32 Å². The number of carbonyl (C=O) groups excluding carboxylic acids is 1. The number of nitrogens with one attached hydrogen (secondary N) is 1. The summed E-state index contributed by atoms with van der Waals surface area (Å²) in [7, 11) is 0. The Morgan fingerprint density at radius 3 is 2.58 bits per heavy atom. The monoisotopic (exact) mass is 380 g/mol. The predicted molar refractivity (Wildman–Crippen MR) is 95.0 cm³/mol. The van der Waals surface area contributed by atoms with Crippen LogP contribution in [0, 0.1) is 0 Å². The van der Waals surface area contributed by atoms with Gasteiger partial charge in [-0.15, -0.1) is 5.10 Å². The molecule has 5 nitrogen and oxygen atoms in total. The lowest BCUT2D eigenvalue weighted by molar-refractivity contribution is 0.102. The third-order valence-corrected chi connectivity index (χ3v) is 4.28. The zero-order valence-electron chi connectivity index (χ0n) is 12.2. The van der Waals surface area contributed by atoms with E-state index in [1.54, 1.807) is 41.1 Å². The number of hydrogen-bond donors (Lipinski definition) is 1. The molecule has 3 aromatic rings. The van der Waals surface area contributed by atoms with Crippen LogP contribution >= 0.6 is 34.8 Å². The number of rotatable bonds is 4. The van der Waals surface area contributed by atoms with E-state index in [-0.39, 0.29) is 11.9 Å². The first-order chi connectivity index (χ1) is 11.5. The second kappa shape index (κ2) is 7.21. The van der Waals surface area contributed by atoms with Crippen molar-refractivity contribution in [2.24, 2.45) is 0 Å². The first kappa shape index (κ1) is 16.8. The highest BCUT2D eigenvalue weighted by atomic mass is 35.5. The molecule has 1 amide bonds. The summed E-state index contributed by atoms with van der Waals surface area (Å²) in [5.41, 5.74) is 1.28. The van der Waals surface area contributed by atoms with E-state index in [1.165, 1.54) is 6.33 Å². The lowest BCUT2D eigenvalue weighted by atomic mass is 10.2. The minimum absolute atomic E-state index is 0.194. The van der Waals surface area contributed by atoms with Gasteiger partial charge in [-0.3, -0.25) is 10.1 Å². The Balaban J connectivity index is 1.70. The Morgan fingerprint density at radius 2 is 1.83 bits per heavy atom. The summed E-state index contributed by atoms with van der Waals surface area (Å²) >= 11 is 17.9. The average molecular weight is 382 g/mol. The van der Waals surface area contributed by atoms with Gasteiger partial charge in [0.2, 0.25) is 5.95 Å². The lowest BCUT2D eigenvalue weighted by Crippen LogP contribution is -2.14. The van der Waals surface area contributed by atoms with E-state index in [1.807, 2.05) is 6.07 Å². The maximum Gasteiger partial charge on any atom is 0.259 e. The van der Waals surface area contributed by atoms with Crippen molar-refractivity contribution in [2.45, 2.75) is 6.54 Å². The Morgan fingerprint density at radius 1 is 1.04 bits per heavy atom. The molecule has 0 aliphatic rings. The molecule has 24 heavy (non-hydrogen) atoms. The van der Waals surface area contributed by atoms with Gasteiger partial charge in [0.05, 0.1) is 27.2 Å². The van der Waals surface area contributed by atoms with Crippen molar-refractivity contribution in [3.05, 3.63) is 75.0 Å². The summed E-state index contributed by atoms with van der Waals surface area (Å²) in [6.45, 7) is 0.450. The zero-order valence-corrected chi connectivity index (χ0v) is 14.5. The van der Waals surface area contributed by atoms with Crippen LogP contribution in [0.1, 0.15) is 15.9 Å². The molecule has 0 bridgehead atoms. The summed E-state index contributed by atoms with van der Waals surface area (Å²) in [6.07, 6.45) is 1.52. The summed E-state index contributed by atoms with van der Waals surface area (Å²) in [4.78, 5) is 16.2. The largest absolute Gasteiger partial charge is 0.289 e. The lowest BCUT2D eigenvalue weighted by Gasteiger charge is -2.04. The van der Waals surface area contributed by atoms with E-state index in [9.17, 15) is 4.79 Å². The number of amides is 1. The fourth-order valence-corrected chi connectivity index (χ4v) is 2.61. The van der Waals surface area contributed by atoms with Crippen molar-refractivity contribution >= 4 is 46.7 Å². The molecule has 3 rings (SSSR count). The molecule has 0 saturated heterocycles. The van der Waals surface area contributed by atoms with Crippen LogP contribution in [0.2, 0.25) is 15.1 Å². The molecule has 0 unspecified atom stereocenters. The minimum Gasteiger partial charge on any atom is -0.289 e. The van der Waals surface area contributed by atoms with Gasteiger partial charge in [0.25, 0.3) is 5.91 Å². The van der Waals surface area contributed by atoms with Gasteiger partial charge in [0.1, 0.15) is 6.33 Å². The van der Waals surface area contributed by atoms with Gasteiger partial charge in [-0.2, -0.15) is 0 Å². The van der Waals surface area contributed by atoms with Gasteiger partial charge in [-0.25, -0.2) is 9.67 Å². The summed E-state index contributed by atoms with van der Waals surface area (Å²) in [5.74, 6) is -0.173. The average Bonchev–Trinajstić information content (AvgIpc) is 2.98. The summed E-state index contributed by atoms with van der Waals surface area (Å²) in [6, 6.07) is 12.1. The molecular formula is C16H11Cl3N4O. The second-order valence-electron chi connectivity index (χ2n) is 4.95. The Bertz CT molecular complexity index is 895. The van der Waals surface area contributed by atoms with Crippen LogP contribution in [-0.4, -0.2) is 20.7 Å². The van der Waals surface area contributed by atoms with E-state index in [0.29, 0.717) is 27.2 Å². The molecule has 0 aliphatic heterocycles. The van der Waals surface area contributed by atoms with Crippen LogP contribution in [0.25, 0.3) is 0 Å². The maximum absolute atomic E-state index is 12.2. The highest BCUT2D eigenvalue weighted by molar-refractivity contribution is 6.42. The van der Waals surface area contributed by atoms with Gasteiger partial charge in [-0.05, 0) is 29.8 Å². The highest BCUT2D eigenvalue weighted by Gasteiger charge is 2.12. The number of hydrogen-bond acceptors (Lipinski definition) is 3. The smallest absolute Gasteiger partial charge is 0.259 e. The van der Waals surface area contributed by atoms with Crippen LogP contribution in [0.4, 0.5) is 5.95 Å². The van der Waals surface area contributed by atoms with Gasteiger partial charge < -0.3 is 0 Å². The first-order valence-corrected chi connectivity index (χ1v) is 8.05. The molecule has 0 spiro atoms. The first-order valence-electron chi connectivity index (χ1n) is 6.92. The Hall–Kier alpha value is -2.08. The molecule has 0 aliphatic carbocycles. The molecule has 1 heterocycles. The molecule has 0 atom stereocenters. The number of carbonyl (C=O) groups is 1. The van der Waals surface area contributed by atoms with E-state index >= 15 is 0 Å². The van der Waals surface area contributed by atoms with E-state index in [2.05, 4.69) is 15.4 Å². The number of aromatic nitrogens is 3. The van der Waals surface area contributed by atoms with Crippen LogP contribution < -0.4 is 5.32 Å². The van der Waals surface area contributed by atoms with Crippen molar-refractivity contribution in [1.29, 1.82) is 0 Å². The van der Waals surface area contributed by atoms with Gasteiger partial charge in [-0.1, -0.05) is 53.0 Å². The Labute approximate surface area is 153 Å². The molecule has 0 fully saturated rings. The summed E-state index contributed by atoms with van der Waals surface area (Å²) in [5, 5.41) is 8.15. The molecule has 2 aromatic carbocycles. The van der Waals surface area contributed by atoms with Crippen LogP contribution in [-0.2, 0) is 6.54 Å². The number of anilines is 1. The van der Waals surface area contributed by atoms with Gasteiger partial charge >= 0.3 is 0 Å². The third kappa shape index (κ3) is 3.87. The van der Waals surface area contributed by atoms with Crippen molar-refractivity contribution in [3.8, 4) is 0 Å². The molecule has 0 saturated carbocycles. The molecule has 8 heteroatoms. The van der Waals surface area contributed by atoms with Crippen LogP contribution in [0.5, 0.6) is 0 Å². The molecule has 122 valence electrons. The Kier molecular flexibility index (Phi) is 5.04. The molecule has 1 N–H and O–H groups in total. The number of benzene rings is 2. The highest BCUT2D eigenvalue weighted by Crippen LogP contribution is 2.23. The number of halogens is 3. The van der Waals surface area contributed by atoms with Gasteiger partial charge in [0.15, 0.2) is 0 Å². The zero-order chi connectivity index (χ0) is 17.1.